The van der Waals surface area contributed by atoms with Gasteiger partial charge < -0.3 is 10.1 Å². The molecule has 2 heterocycles. The minimum atomic E-state index is 0.716. The third kappa shape index (κ3) is 2.87. The maximum absolute atomic E-state index is 5.40. The second-order valence-corrected chi connectivity index (χ2v) is 5.29. The average molecular weight is 256 g/mol. The topological polar surface area (TPSA) is 34.2 Å². The van der Waals surface area contributed by atoms with Crippen LogP contribution in [0.1, 0.15) is 18.4 Å². The van der Waals surface area contributed by atoms with Gasteiger partial charge in [0.05, 0.1) is 5.52 Å². The smallest absolute Gasteiger partial charge is 0.129 e. The van der Waals surface area contributed by atoms with Crippen molar-refractivity contribution in [3.63, 3.8) is 0 Å². The van der Waals surface area contributed by atoms with E-state index in [9.17, 15) is 0 Å². The van der Waals surface area contributed by atoms with Gasteiger partial charge in [-0.2, -0.15) is 0 Å². The first-order chi connectivity index (χ1) is 9.33. The fourth-order valence-electron chi connectivity index (χ4n) is 2.61. The second kappa shape index (κ2) is 5.57. The molecule has 0 saturated carbocycles. The highest BCUT2D eigenvalue weighted by atomic mass is 16.5. The van der Waals surface area contributed by atoms with Crippen molar-refractivity contribution >= 4 is 16.7 Å². The van der Waals surface area contributed by atoms with Gasteiger partial charge in [0.25, 0.3) is 0 Å². The molecule has 0 spiro atoms. The van der Waals surface area contributed by atoms with Crippen LogP contribution >= 0.6 is 0 Å². The Hall–Kier alpha value is -1.61. The van der Waals surface area contributed by atoms with Crippen LogP contribution in [0, 0.1) is 12.8 Å². The van der Waals surface area contributed by atoms with Crippen molar-refractivity contribution in [2.75, 3.05) is 25.1 Å². The normalized spacial score (nSPS) is 18.9. The van der Waals surface area contributed by atoms with Crippen molar-refractivity contribution in [3.8, 4) is 0 Å². The van der Waals surface area contributed by atoms with Gasteiger partial charge in [0, 0.05) is 25.1 Å². The number of nitrogens with one attached hydrogen (secondary N) is 1. The summed E-state index contributed by atoms with van der Waals surface area (Å²) in [7, 11) is 0. The predicted molar refractivity (Wildman–Crippen MR) is 78.5 cm³/mol. The number of fused-ring (bicyclic) bond motifs is 1. The summed E-state index contributed by atoms with van der Waals surface area (Å²) in [6.07, 6.45) is 2.36. The number of pyridine rings is 1. The van der Waals surface area contributed by atoms with E-state index in [0.29, 0.717) is 5.92 Å². The van der Waals surface area contributed by atoms with E-state index in [-0.39, 0.29) is 0 Å². The maximum Gasteiger partial charge on any atom is 0.129 e. The molecule has 3 nitrogen and oxygen atoms in total. The van der Waals surface area contributed by atoms with E-state index in [1.165, 1.54) is 17.4 Å². The number of nitrogens with zero attached hydrogens (tertiary/aromatic N) is 1. The van der Waals surface area contributed by atoms with Crippen LogP contribution in [-0.4, -0.2) is 24.7 Å². The summed E-state index contributed by atoms with van der Waals surface area (Å²) in [5.74, 6) is 1.73. The molecule has 1 saturated heterocycles. The summed E-state index contributed by atoms with van der Waals surface area (Å²) in [5, 5.41) is 4.67. The summed E-state index contributed by atoms with van der Waals surface area (Å²) in [4.78, 5) is 4.70. The first-order valence-electron chi connectivity index (χ1n) is 7.01. The molecule has 1 aliphatic rings. The fourth-order valence-corrected chi connectivity index (χ4v) is 2.61. The lowest BCUT2D eigenvalue weighted by molar-refractivity contribution is 0.185. The average Bonchev–Trinajstić information content (AvgIpc) is 2.92. The van der Waals surface area contributed by atoms with Crippen molar-refractivity contribution in [1.29, 1.82) is 0 Å². The number of hydrogen-bond acceptors (Lipinski definition) is 3. The molecule has 3 rings (SSSR count). The van der Waals surface area contributed by atoms with E-state index in [1.54, 1.807) is 0 Å². The standard InChI is InChI=1S/C16H20N2O/c1-12-10-14-4-2-3-5-15(14)18-16(12)17-8-6-13-7-9-19-11-13/h2-5,10,13H,6-9,11H2,1H3,(H,17,18). The molecule has 1 N–H and O–H groups in total. The molecular formula is C16H20N2O. The zero-order valence-electron chi connectivity index (χ0n) is 11.4. The van der Waals surface area contributed by atoms with Gasteiger partial charge in [0.1, 0.15) is 5.82 Å². The van der Waals surface area contributed by atoms with Crippen molar-refractivity contribution in [2.24, 2.45) is 5.92 Å². The van der Waals surface area contributed by atoms with Crippen LogP contribution in [0.25, 0.3) is 10.9 Å². The first-order valence-corrected chi connectivity index (χ1v) is 7.01. The van der Waals surface area contributed by atoms with Gasteiger partial charge >= 0.3 is 0 Å². The summed E-state index contributed by atoms with van der Waals surface area (Å²) in [6.45, 7) is 4.93. The zero-order valence-corrected chi connectivity index (χ0v) is 11.4. The molecule has 3 heteroatoms. The molecular weight excluding hydrogens is 236 g/mol. The summed E-state index contributed by atoms with van der Waals surface area (Å²) in [5.41, 5.74) is 2.26. The van der Waals surface area contributed by atoms with E-state index in [0.717, 1.165) is 37.5 Å². The number of benzene rings is 1. The molecule has 0 radical (unpaired) electrons. The fraction of sp³-hybridized carbons (Fsp3) is 0.438. The first kappa shape index (κ1) is 12.4. The number of rotatable bonds is 4. The quantitative estimate of drug-likeness (QED) is 0.910. The lowest BCUT2D eigenvalue weighted by atomic mass is 10.1. The molecule has 1 aliphatic heterocycles. The highest BCUT2D eigenvalue weighted by molar-refractivity contribution is 5.81. The van der Waals surface area contributed by atoms with Gasteiger partial charge in [-0.15, -0.1) is 0 Å². The number of anilines is 1. The van der Waals surface area contributed by atoms with Crippen molar-refractivity contribution in [3.05, 3.63) is 35.9 Å². The highest BCUT2D eigenvalue weighted by Gasteiger charge is 2.15. The Balaban J connectivity index is 1.67. The number of aromatic nitrogens is 1. The highest BCUT2D eigenvalue weighted by Crippen LogP contribution is 2.20. The molecule has 1 atom stereocenters. The van der Waals surface area contributed by atoms with Gasteiger partial charge in [-0.1, -0.05) is 18.2 Å². The summed E-state index contributed by atoms with van der Waals surface area (Å²) in [6, 6.07) is 10.4. The predicted octanol–water partition coefficient (Wildman–Crippen LogP) is 3.38. The van der Waals surface area contributed by atoms with E-state index < -0.39 is 0 Å². The van der Waals surface area contributed by atoms with Gasteiger partial charge in [0.2, 0.25) is 0 Å². The number of ether oxygens (including phenoxy) is 1. The van der Waals surface area contributed by atoms with Crippen molar-refractivity contribution in [1.82, 2.24) is 4.98 Å². The van der Waals surface area contributed by atoms with Crippen molar-refractivity contribution < 1.29 is 4.74 Å². The molecule has 0 bridgehead atoms. The van der Waals surface area contributed by atoms with E-state index >= 15 is 0 Å². The van der Waals surface area contributed by atoms with Crippen LogP contribution in [-0.2, 0) is 4.74 Å². The number of aryl methyl sites for hydroxylation is 1. The van der Waals surface area contributed by atoms with E-state index in [1.807, 2.05) is 6.07 Å². The summed E-state index contributed by atoms with van der Waals surface area (Å²) < 4.78 is 5.40. The van der Waals surface area contributed by atoms with Gasteiger partial charge in [0.15, 0.2) is 0 Å². The van der Waals surface area contributed by atoms with Crippen LogP contribution in [0.2, 0.25) is 0 Å². The number of para-hydroxylation sites is 1. The van der Waals surface area contributed by atoms with Crippen molar-refractivity contribution in [2.45, 2.75) is 19.8 Å². The van der Waals surface area contributed by atoms with Crippen LogP contribution in [0.3, 0.4) is 0 Å². The summed E-state index contributed by atoms with van der Waals surface area (Å²) >= 11 is 0. The third-order valence-corrected chi connectivity index (χ3v) is 3.78. The van der Waals surface area contributed by atoms with Gasteiger partial charge in [-0.25, -0.2) is 4.98 Å². The molecule has 100 valence electrons. The lowest BCUT2D eigenvalue weighted by Gasteiger charge is -2.12. The Labute approximate surface area is 114 Å². The van der Waals surface area contributed by atoms with Crippen LogP contribution < -0.4 is 5.32 Å². The minimum Gasteiger partial charge on any atom is -0.381 e. The van der Waals surface area contributed by atoms with Gasteiger partial charge in [-0.3, -0.25) is 0 Å². The Kier molecular flexibility index (Phi) is 3.65. The van der Waals surface area contributed by atoms with Crippen LogP contribution in [0.5, 0.6) is 0 Å². The monoisotopic (exact) mass is 256 g/mol. The molecule has 19 heavy (non-hydrogen) atoms. The largest absolute Gasteiger partial charge is 0.381 e. The zero-order chi connectivity index (χ0) is 13.1. The molecule has 0 aliphatic carbocycles. The second-order valence-electron chi connectivity index (χ2n) is 5.29. The molecule has 1 unspecified atom stereocenters. The Bertz CT molecular complexity index is 562. The molecule has 1 aromatic heterocycles. The maximum atomic E-state index is 5.40. The molecule has 2 aromatic rings. The van der Waals surface area contributed by atoms with Gasteiger partial charge in [-0.05, 0) is 43.4 Å². The van der Waals surface area contributed by atoms with Crippen LogP contribution in [0.15, 0.2) is 30.3 Å². The minimum absolute atomic E-state index is 0.716. The van der Waals surface area contributed by atoms with Crippen LogP contribution in [0.4, 0.5) is 5.82 Å². The van der Waals surface area contributed by atoms with E-state index in [2.05, 4.69) is 36.5 Å². The SMILES string of the molecule is Cc1cc2ccccc2nc1NCCC1CCOC1. The molecule has 1 aromatic carbocycles. The third-order valence-electron chi connectivity index (χ3n) is 3.78. The Morgan fingerprint density at radius 3 is 3.11 bits per heavy atom. The Morgan fingerprint density at radius 2 is 2.26 bits per heavy atom. The molecule has 1 fully saturated rings. The lowest BCUT2D eigenvalue weighted by Crippen LogP contribution is -2.10. The Morgan fingerprint density at radius 1 is 1.37 bits per heavy atom. The van der Waals surface area contributed by atoms with E-state index in [4.69, 9.17) is 9.72 Å². The molecule has 0 amide bonds. The number of hydrogen-bond donors (Lipinski definition) is 1.